The summed E-state index contributed by atoms with van der Waals surface area (Å²) >= 11 is 6.75. The summed E-state index contributed by atoms with van der Waals surface area (Å²) < 4.78 is 3.63. The highest BCUT2D eigenvalue weighted by Gasteiger charge is 2.13. The summed E-state index contributed by atoms with van der Waals surface area (Å²) in [7, 11) is 0. The van der Waals surface area contributed by atoms with E-state index in [1.165, 1.54) is 0 Å². The predicted molar refractivity (Wildman–Crippen MR) is 87.1 cm³/mol. The van der Waals surface area contributed by atoms with Crippen LogP contribution in [0, 0.1) is 6.92 Å². The van der Waals surface area contributed by atoms with Gasteiger partial charge in [0.15, 0.2) is 0 Å². The summed E-state index contributed by atoms with van der Waals surface area (Å²) in [5.74, 6) is -0.132. The summed E-state index contributed by atoms with van der Waals surface area (Å²) in [4.78, 5) is 16.5. The highest BCUT2D eigenvalue weighted by molar-refractivity contribution is 9.10. The number of anilines is 1. The number of amides is 1. The number of aryl methyl sites for hydroxylation is 2. The van der Waals surface area contributed by atoms with E-state index in [1.54, 1.807) is 6.20 Å². The lowest BCUT2D eigenvalue weighted by Crippen LogP contribution is -2.17. The maximum absolute atomic E-state index is 12.3. The Morgan fingerprint density at radius 1 is 1.40 bits per heavy atom. The van der Waals surface area contributed by atoms with E-state index in [-0.39, 0.29) is 5.91 Å². The van der Waals surface area contributed by atoms with Crippen LogP contribution >= 0.6 is 31.9 Å². The lowest BCUT2D eigenvalue weighted by molar-refractivity contribution is 0.101. The van der Waals surface area contributed by atoms with Crippen LogP contribution in [-0.4, -0.2) is 15.5 Å². The lowest BCUT2D eigenvalue weighted by Gasteiger charge is -2.09. The second kappa shape index (κ2) is 6.54. The van der Waals surface area contributed by atoms with Gasteiger partial charge in [0.05, 0.1) is 11.9 Å². The number of carbonyl (C=O) groups is 1. The summed E-state index contributed by atoms with van der Waals surface area (Å²) in [6, 6.07) is 3.71. The molecular weight excluding hydrogens is 386 g/mol. The molecule has 0 saturated heterocycles. The Hall–Kier alpha value is -1.14. The van der Waals surface area contributed by atoms with E-state index >= 15 is 0 Å². The van der Waals surface area contributed by atoms with Gasteiger partial charge in [-0.15, -0.1) is 0 Å². The van der Waals surface area contributed by atoms with Crippen molar-refractivity contribution in [2.75, 3.05) is 5.32 Å². The molecule has 0 bridgehead atoms. The fourth-order valence-electron chi connectivity index (χ4n) is 1.91. The lowest BCUT2D eigenvalue weighted by atomic mass is 10.3. The van der Waals surface area contributed by atoms with Gasteiger partial charge in [-0.1, -0.05) is 6.92 Å². The number of nitrogens with one attached hydrogen (secondary N) is 1. The molecule has 2 aromatic heterocycles. The van der Waals surface area contributed by atoms with Crippen molar-refractivity contribution in [3.8, 4) is 0 Å². The van der Waals surface area contributed by atoms with Gasteiger partial charge in [-0.2, -0.15) is 0 Å². The maximum atomic E-state index is 12.3. The van der Waals surface area contributed by atoms with Crippen LogP contribution in [-0.2, 0) is 6.54 Å². The predicted octanol–water partition coefficient (Wildman–Crippen LogP) is 4.38. The minimum Gasteiger partial charge on any atom is -0.342 e. The van der Waals surface area contributed by atoms with Gasteiger partial charge >= 0.3 is 0 Å². The molecule has 0 fully saturated rings. The van der Waals surface area contributed by atoms with Crippen LogP contribution in [0.2, 0.25) is 0 Å². The fraction of sp³-hybridized carbons (Fsp3) is 0.286. The number of aromatic nitrogens is 2. The Balaban J connectivity index is 2.21. The van der Waals surface area contributed by atoms with Crippen LogP contribution in [0.15, 0.2) is 33.6 Å². The number of carbonyl (C=O) groups excluding carboxylic acids is 1. The molecule has 1 amide bonds. The van der Waals surface area contributed by atoms with Crippen LogP contribution in [0.3, 0.4) is 0 Å². The minimum atomic E-state index is -0.132. The second-order valence-corrected chi connectivity index (χ2v) is 6.19. The first kappa shape index (κ1) is 15.3. The fourth-order valence-corrected chi connectivity index (χ4v) is 2.59. The first-order valence-corrected chi connectivity index (χ1v) is 7.89. The third kappa shape index (κ3) is 3.49. The summed E-state index contributed by atoms with van der Waals surface area (Å²) in [6.45, 7) is 4.83. The number of hydrogen-bond donors (Lipinski definition) is 1. The van der Waals surface area contributed by atoms with Crippen molar-refractivity contribution in [1.29, 1.82) is 0 Å². The van der Waals surface area contributed by atoms with E-state index in [0.29, 0.717) is 11.4 Å². The Morgan fingerprint density at radius 2 is 2.15 bits per heavy atom. The molecular formula is C14H15Br2N3O. The molecule has 0 aliphatic rings. The zero-order chi connectivity index (χ0) is 14.7. The van der Waals surface area contributed by atoms with Crippen LogP contribution < -0.4 is 5.32 Å². The van der Waals surface area contributed by atoms with Crippen molar-refractivity contribution < 1.29 is 4.79 Å². The topological polar surface area (TPSA) is 46.9 Å². The first-order valence-electron chi connectivity index (χ1n) is 6.30. The molecule has 2 rings (SSSR count). The van der Waals surface area contributed by atoms with Gasteiger partial charge in [-0.3, -0.25) is 4.79 Å². The highest BCUT2D eigenvalue weighted by atomic mass is 79.9. The van der Waals surface area contributed by atoms with Crippen molar-refractivity contribution >= 4 is 43.5 Å². The third-order valence-electron chi connectivity index (χ3n) is 2.83. The summed E-state index contributed by atoms with van der Waals surface area (Å²) in [6.07, 6.45) is 4.53. The van der Waals surface area contributed by atoms with Crippen molar-refractivity contribution in [1.82, 2.24) is 9.55 Å². The average molecular weight is 401 g/mol. The smallest absolute Gasteiger partial charge is 0.272 e. The van der Waals surface area contributed by atoms with E-state index < -0.39 is 0 Å². The zero-order valence-corrected chi connectivity index (χ0v) is 14.5. The Labute approximate surface area is 134 Å². The molecule has 2 aromatic rings. The first-order chi connectivity index (χ1) is 9.51. The molecule has 6 heteroatoms. The van der Waals surface area contributed by atoms with Gasteiger partial charge in [0, 0.05) is 17.2 Å². The van der Waals surface area contributed by atoms with Gasteiger partial charge in [0.1, 0.15) is 10.3 Å². The molecule has 0 aliphatic heterocycles. The molecule has 0 spiro atoms. The Kier molecular flexibility index (Phi) is 4.99. The van der Waals surface area contributed by atoms with E-state index in [2.05, 4.69) is 49.1 Å². The van der Waals surface area contributed by atoms with Crippen molar-refractivity contribution in [2.24, 2.45) is 0 Å². The number of nitrogens with zero attached hydrogens (tertiary/aromatic N) is 2. The molecule has 0 atom stereocenters. The number of pyridine rings is 1. The Morgan fingerprint density at radius 3 is 2.80 bits per heavy atom. The molecule has 106 valence electrons. The number of hydrogen-bond acceptors (Lipinski definition) is 2. The Bertz CT molecular complexity index is 637. The van der Waals surface area contributed by atoms with Crippen LogP contribution in [0.5, 0.6) is 0 Å². The summed E-state index contributed by atoms with van der Waals surface area (Å²) in [5, 5.41) is 2.87. The molecule has 0 aliphatic carbocycles. The van der Waals surface area contributed by atoms with Crippen LogP contribution in [0.25, 0.3) is 0 Å². The van der Waals surface area contributed by atoms with E-state index in [0.717, 1.165) is 27.6 Å². The number of halogens is 2. The zero-order valence-electron chi connectivity index (χ0n) is 11.3. The molecule has 20 heavy (non-hydrogen) atoms. The molecule has 0 radical (unpaired) electrons. The standard InChI is InChI=1S/C14H15Br2N3O/c1-3-4-19-8-10(15)6-12(19)14(20)18-11-5-9(2)13(16)17-7-11/h5-8H,3-4H2,1-2H3,(H,18,20). The molecule has 1 N–H and O–H groups in total. The van der Waals surface area contributed by atoms with Crippen molar-refractivity contribution in [3.05, 3.63) is 44.9 Å². The monoisotopic (exact) mass is 399 g/mol. The average Bonchev–Trinajstić information content (AvgIpc) is 2.75. The van der Waals surface area contributed by atoms with Gasteiger partial charge in [0.25, 0.3) is 5.91 Å². The normalized spacial score (nSPS) is 10.6. The van der Waals surface area contributed by atoms with Crippen molar-refractivity contribution in [2.45, 2.75) is 26.8 Å². The molecule has 2 heterocycles. The number of rotatable bonds is 4. The second-order valence-electron chi connectivity index (χ2n) is 4.52. The van der Waals surface area contributed by atoms with E-state index in [9.17, 15) is 4.79 Å². The summed E-state index contributed by atoms with van der Waals surface area (Å²) in [5.41, 5.74) is 2.31. The minimum absolute atomic E-state index is 0.132. The van der Waals surface area contributed by atoms with Crippen LogP contribution in [0.1, 0.15) is 29.4 Å². The van der Waals surface area contributed by atoms with E-state index in [1.807, 2.05) is 29.8 Å². The highest BCUT2D eigenvalue weighted by Crippen LogP contribution is 2.19. The molecule has 4 nitrogen and oxygen atoms in total. The third-order valence-corrected chi connectivity index (χ3v) is 4.10. The largest absolute Gasteiger partial charge is 0.342 e. The van der Waals surface area contributed by atoms with Crippen LogP contribution in [0.4, 0.5) is 5.69 Å². The van der Waals surface area contributed by atoms with Gasteiger partial charge in [-0.05, 0) is 62.9 Å². The van der Waals surface area contributed by atoms with Gasteiger partial charge in [0.2, 0.25) is 0 Å². The van der Waals surface area contributed by atoms with E-state index in [4.69, 9.17) is 0 Å². The van der Waals surface area contributed by atoms with Gasteiger partial charge < -0.3 is 9.88 Å². The maximum Gasteiger partial charge on any atom is 0.272 e. The molecule has 0 unspecified atom stereocenters. The van der Waals surface area contributed by atoms with Crippen molar-refractivity contribution in [3.63, 3.8) is 0 Å². The van der Waals surface area contributed by atoms with Gasteiger partial charge in [-0.25, -0.2) is 4.98 Å². The quantitative estimate of drug-likeness (QED) is 0.774. The molecule has 0 saturated carbocycles. The SMILES string of the molecule is CCCn1cc(Br)cc1C(=O)Nc1cnc(Br)c(C)c1. The molecule has 0 aromatic carbocycles.